The fourth-order valence-electron chi connectivity index (χ4n) is 1.52. The van der Waals surface area contributed by atoms with E-state index in [2.05, 4.69) is 14.9 Å². The Morgan fingerprint density at radius 1 is 1.17 bits per heavy atom. The Morgan fingerprint density at radius 2 is 1.89 bits per heavy atom. The maximum atomic E-state index is 13.6. The Bertz CT molecular complexity index is 602. The van der Waals surface area contributed by atoms with Crippen LogP contribution in [-0.2, 0) is 4.74 Å². The lowest BCUT2D eigenvalue weighted by Gasteiger charge is -2.07. The van der Waals surface area contributed by atoms with Gasteiger partial charge in [-0.2, -0.15) is 10.2 Å². The highest BCUT2D eigenvalue weighted by Crippen LogP contribution is 2.26. The molecule has 0 aliphatic heterocycles. The van der Waals surface area contributed by atoms with Crippen molar-refractivity contribution in [2.75, 3.05) is 7.11 Å². The van der Waals surface area contributed by atoms with Gasteiger partial charge in [0.2, 0.25) is 0 Å². The van der Waals surface area contributed by atoms with E-state index in [1.807, 2.05) is 0 Å². The van der Waals surface area contributed by atoms with Gasteiger partial charge >= 0.3 is 5.97 Å². The number of rotatable bonds is 2. The number of halogens is 2. The van der Waals surface area contributed by atoms with Crippen molar-refractivity contribution in [1.29, 1.82) is 0 Å². The summed E-state index contributed by atoms with van der Waals surface area (Å²) in [6.45, 7) is 0. The molecule has 0 bridgehead atoms. The Kier molecular flexibility index (Phi) is 3.27. The first-order chi connectivity index (χ1) is 8.63. The van der Waals surface area contributed by atoms with Crippen LogP contribution in [0.4, 0.5) is 8.78 Å². The molecule has 0 N–H and O–H groups in total. The minimum Gasteiger partial charge on any atom is -0.465 e. The van der Waals surface area contributed by atoms with Crippen LogP contribution in [0.5, 0.6) is 0 Å². The summed E-state index contributed by atoms with van der Waals surface area (Å²) in [4.78, 5) is 11.5. The van der Waals surface area contributed by atoms with Crippen molar-refractivity contribution < 1.29 is 18.3 Å². The summed E-state index contributed by atoms with van der Waals surface area (Å²) < 4.78 is 31.0. The molecule has 6 heteroatoms. The zero-order valence-electron chi connectivity index (χ0n) is 9.35. The van der Waals surface area contributed by atoms with E-state index in [1.165, 1.54) is 25.6 Å². The zero-order valence-corrected chi connectivity index (χ0v) is 9.35. The van der Waals surface area contributed by atoms with Crippen molar-refractivity contribution in [2.45, 2.75) is 0 Å². The molecule has 0 aliphatic rings. The van der Waals surface area contributed by atoms with E-state index in [0.29, 0.717) is 0 Å². The monoisotopic (exact) mass is 250 g/mol. The van der Waals surface area contributed by atoms with Gasteiger partial charge in [-0.15, -0.1) is 0 Å². The van der Waals surface area contributed by atoms with E-state index in [0.717, 1.165) is 12.1 Å². The second-order valence-corrected chi connectivity index (χ2v) is 3.43. The molecule has 0 unspecified atom stereocenters. The zero-order chi connectivity index (χ0) is 13.1. The van der Waals surface area contributed by atoms with Gasteiger partial charge in [0.05, 0.1) is 25.1 Å². The van der Waals surface area contributed by atoms with E-state index < -0.39 is 17.6 Å². The molecule has 0 saturated heterocycles. The molecule has 0 aliphatic carbocycles. The number of nitrogens with zero attached hydrogens (tertiary/aromatic N) is 2. The highest BCUT2D eigenvalue weighted by atomic mass is 19.1. The predicted octanol–water partition coefficient (Wildman–Crippen LogP) is 2.21. The van der Waals surface area contributed by atoms with Gasteiger partial charge in [0.15, 0.2) is 0 Å². The molecule has 0 amide bonds. The highest BCUT2D eigenvalue weighted by Gasteiger charge is 2.16. The van der Waals surface area contributed by atoms with E-state index in [4.69, 9.17) is 0 Å². The first kappa shape index (κ1) is 12.1. The second kappa shape index (κ2) is 4.87. The third-order valence-corrected chi connectivity index (χ3v) is 2.36. The number of carbonyl (C=O) groups is 1. The van der Waals surface area contributed by atoms with Crippen LogP contribution < -0.4 is 0 Å². The van der Waals surface area contributed by atoms with Crippen LogP contribution in [-0.4, -0.2) is 23.3 Å². The van der Waals surface area contributed by atoms with Crippen LogP contribution in [0, 0.1) is 11.6 Å². The number of hydrogen-bond donors (Lipinski definition) is 0. The van der Waals surface area contributed by atoms with Crippen LogP contribution >= 0.6 is 0 Å². The molecule has 0 fully saturated rings. The molecule has 1 aromatic heterocycles. The standard InChI is InChI=1S/C12H8F2N2O2/c1-18-12(17)10-6-16-15-5-9(10)8-3-2-7(13)4-11(8)14/h2-6H,1H3. The Hall–Kier alpha value is -2.37. The third-order valence-electron chi connectivity index (χ3n) is 2.36. The molecule has 0 spiro atoms. The second-order valence-electron chi connectivity index (χ2n) is 3.43. The number of carbonyl (C=O) groups excluding carboxylic acids is 1. The average molecular weight is 250 g/mol. The van der Waals surface area contributed by atoms with Crippen LogP contribution in [0.15, 0.2) is 30.6 Å². The molecular formula is C12H8F2N2O2. The number of hydrogen-bond acceptors (Lipinski definition) is 4. The molecule has 2 rings (SSSR count). The fourth-order valence-corrected chi connectivity index (χ4v) is 1.52. The van der Waals surface area contributed by atoms with Crippen molar-refractivity contribution in [3.8, 4) is 11.1 Å². The third kappa shape index (κ3) is 2.17. The summed E-state index contributed by atoms with van der Waals surface area (Å²) in [7, 11) is 1.20. The molecule has 2 aromatic rings. The summed E-state index contributed by atoms with van der Waals surface area (Å²) in [5, 5.41) is 7.12. The molecule has 92 valence electrons. The molecular weight excluding hydrogens is 242 g/mol. The maximum absolute atomic E-state index is 13.6. The normalized spacial score (nSPS) is 10.2. The average Bonchev–Trinajstić information content (AvgIpc) is 2.38. The summed E-state index contributed by atoms with van der Waals surface area (Å²) in [6, 6.07) is 3.06. The number of methoxy groups -OCH3 is 1. The lowest BCUT2D eigenvalue weighted by atomic mass is 10.0. The van der Waals surface area contributed by atoms with Crippen LogP contribution in [0.2, 0.25) is 0 Å². The minimum absolute atomic E-state index is 0.0618. The first-order valence-corrected chi connectivity index (χ1v) is 4.98. The quantitative estimate of drug-likeness (QED) is 0.767. The van der Waals surface area contributed by atoms with Crippen LogP contribution in [0.1, 0.15) is 10.4 Å². The molecule has 0 saturated carbocycles. The Balaban J connectivity index is 2.60. The predicted molar refractivity (Wildman–Crippen MR) is 58.7 cm³/mol. The molecule has 0 atom stereocenters. The number of ether oxygens (including phenoxy) is 1. The molecule has 1 heterocycles. The van der Waals surface area contributed by atoms with Gasteiger partial charge in [-0.3, -0.25) is 0 Å². The number of benzene rings is 1. The Morgan fingerprint density at radius 3 is 2.56 bits per heavy atom. The summed E-state index contributed by atoms with van der Waals surface area (Å²) in [6.07, 6.45) is 2.40. The van der Waals surface area contributed by atoms with Crippen molar-refractivity contribution in [1.82, 2.24) is 10.2 Å². The number of aromatic nitrogens is 2. The van der Waals surface area contributed by atoms with E-state index in [9.17, 15) is 13.6 Å². The van der Waals surface area contributed by atoms with Crippen molar-refractivity contribution in [3.05, 3.63) is 47.8 Å². The first-order valence-electron chi connectivity index (χ1n) is 4.98. The molecule has 1 aromatic carbocycles. The SMILES string of the molecule is COC(=O)c1cnncc1-c1ccc(F)cc1F. The summed E-state index contributed by atoms with van der Waals surface area (Å²) in [5.74, 6) is -2.14. The topological polar surface area (TPSA) is 52.1 Å². The Labute approximate surface area is 101 Å². The fraction of sp³-hybridized carbons (Fsp3) is 0.0833. The van der Waals surface area contributed by atoms with Crippen molar-refractivity contribution in [2.24, 2.45) is 0 Å². The highest BCUT2D eigenvalue weighted by molar-refractivity contribution is 5.96. The van der Waals surface area contributed by atoms with Crippen molar-refractivity contribution in [3.63, 3.8) is 0 Å². The van der Waals surface area contributed by atoms with Gasteiger partial charge in [-0.25, -0.2) is 13.6 Å². The smallest absolute Gasteiger partial charge is 0.340 e. The van der Waals surface area contributed by atoms with Gasteiger partial charge in [0.25, 0.3) is 0 Å². The molecule has 4 nitrogen and oxygen atoms in total. The lowest BCUT2D eigenvalue weighted by Crippen LogP contribution is -2.05. The van der Waals surface area contributed by atoms with Crippen LogP contribution in [0.25, 0.3) is 11.1 Å². The van der Waals surface area contributed by atoms with Gasteiger partial charge in [-0.1, -0.05) is 0 Å². The minimum atomic E-state index is -0.784. The van der Waals surface area contributed by atoms with Gasteiger partial charge in [-0.05, 0) is 12.1 Å². The van der Waals surface area contributed by atoms with Crippen LogP contribution in [0.3, 0.4) is 0 Å². The largest absolute Gasteiger partial charge is 0.465 e. The van der Waals surface area contributed by atoms with Gasteiger partial charge in [0, 0.05) is 17.2 Å². The van der Waals surface area contributed by atoms with Crippen molar-refractivity contribution >= 4 is 5.97 Å². The molecule has 18 heavy (non-hydrogen) atoms. The molecule has 0 radical (unpaired) electrons. The van der Waals surface area contributed by atoms with E-state index in [-0.39, 0.29) is 16.7 Å². The van der Waals surface area contributed by atoms with Gasteiger partial charge < -0.3 is 4.74 Å². The number of esters is 1. The van der Waals surface area contributed by atoms with E-state index in [1.54, 1.807) is 0 Å². The maximum Gasteiger partial charge on any atom is 0.340 e. The lowest BCUT2D eigenvalue weighted by molar-refractivity contribution is 0.0601. The summed E-state index contributed by atoms with van der Waals surface area (Å²) in [5.41, 5.74) is 0.332. The van der Waals surface area contributed by atoms with Gasteiger partial charge in [0.1, 0.15) is 11.6 Å². The summed E-state index contributed by atoms with van der Waals surface area (Å²) >= 11 is 0. The van der Waals surface area contributed by atoms with E-state index >= 15 is 0 Å².